The van der Waals surface area contributed by atoms with Gasteiger partial charge in [0.1, 0.15) is 0 Å². The number of allylic oxidation sites excluding steroid dienone is 4. The summed E-state index contributed by atoms with van der Waals surface area (Å²) in [6.45, 7) is 0. The van der Waals surface area contributed by atoms with Crippen LogP contribution in [0.15, 0.2) is 47.0 Å². The zero-order chi connectivity index (χ0) is 16.5. The van der Waals surface area contributed by atoms with Gasteiger partial charge in [0.15, 0.2) is 10.3 Å². The number of thioether (sulfide) groups is 1. The van der Waals surface area contributed by atoms with E-state index in [4.69, 9.17) is 5.41 Å². The number of aromatic amines is 1. The zero-order valence-corrected chi connectivity index (χ0v) is 14.1. The van der Waals surface area contributed by atoms with Crippen molar-refractivity contribution in [3.05, 3.63) is 58.2 Å². The van der Waals surface area contributed by atoms with Crippen LogP contribution in [-0.4, -0.2) is 26.3 Å². The number of hydrogen-bond acceptors (Lipinski definition) is 6. The Kier molecular flexibility index (Phi) is 3.91. The summed E-state index contributed by atoms with van der Waals surface area (Å²) < 4.78 is 0. The molecule has 1 aliphatic carbocycles. The van der Waals surface area contributed by atoms with E-state index in [2.05, 4.69) is 27.3 Å². The molecule has 3 heterocycles. The zero-order valence-electron chi connectivity index (χ0n) is 12.5. The SMILES string of the molecule is N=C1S/C(=C\c2cn[nH]c2C2C=CC=CC2)C(=O)N1c1nccs1. The molecule has 8 heteroatoms. The molecule has 1 saturated heterocycles. The van der Waals surface area contributed by atoms with Crippen LogP contribution in [0.5, 0.6) is 0 Å². The molecular weight excluding hydrogens is 342 g/mol. The number of amidine groups is 1. The number of hydrogen-bond donors (Lipinski definition) is 2. The summed E-state index contributed by atoms with van der Waals surface area (Å²) in [7, 11) is 0. The minimum absolute atomic E-state index is 0.173. The van der Waals surface area contributed by atoms with Gasteiger partial charge in [0, 0.05) is 28.8 Å². The number of aromatic nitrogens is 3. The van der Waals surface area contributed by atoms with Gasteiger partial charge in [0.05, 0.1) is 11.1 Å². The molecule has 1 amide bonds. The van der Waals surface area contributed by atoms with Crippen LogP contribution in [0.4, 0.5) is 5.13 Å². The van der Waals surface area contributed by atoms with Gasteiger partial charge in [-0.3, -0.25) is 15.3 Å². The molecule has 1 atom stereocenters. The predicted octanol–water partition coefficient (Wildman–Crippen LogP) is 3.52. The quantitative estimate of drug-likeness (QED) is 0.825. The Hall–Kier alpha value is -2.45. The molecule has 0 bridgehead atoms. The lowest BCUT2D eigenvalue weighted by atomic mass is 9.94. The van der Waals surface area contributed by atoms with Crippen molar-refractivity contribution in [1.82, 2.24) is 15.2 Å². The Morgan fingerprint density at radius 3 is 3.08 bits per heavy atom. The largest absolute Gasteiger partial charge is 0.281 e. The van der Waals surface area contributed by atoms with Crippen LogP contribution in [0.2, 0.25) is 0 Å². The Balaban J connectivity index is 1.64. The minimum Gasteiger partial charge on any atom is -0.281 e. The molecule has 24 heavy (non-hydrogen) atoms. The number of anilines is 1. The number of carbonyl (C=O) groups is 1. The number of thiazole rings is 1. The summed E-state index contributed by atoms with van der Waals surface area (Å²) >= 11 is 2.49. The Labute approximate surface area is 146 Å². The maximum atomic E-state index is 12.6. The second-order valence-electron chi connectivity index (χ2n) is 5.27. The van der Waals surface area contributed by atoms with E-state index in [9.17, 15) is 4.79 Å². The summed E-state index contributed by atoms with van der Waals surface area (Å²) in [5, 5.41) is 17.7. The number of nitrogens with one attached hydrogen (secondary N) is 2. The maximum Gasteiger partial charge on any atom is 0.273 e. The molecule has 0 saturated carbocycles. The van der Waals surface area contributed by atoms with Gasteiger partial charge >= 0.3 is 0 Å². The van der Waals surface area contributed by atoms with Gasteiger partial charge in [0.2, 0.25) is 0 Å². The van der Waals surface area contributed by atoms with Crippen molar-refractivity contribution in [3.8, 4) is 0 Å². The second kappa shape index (κ2) is 6.21. The van der Waals surface area contributed by atoms with Crippen LogP contribution in [-0.2, 0) is 4.79 Å². The van der Waals surface area contributed by atoms with Crippen LogP contribution in [0, 0.1) is 5.41 Å². The number of nitrogens with zero attached hydrogens (tertiary/aromatic N) is 3. The lowest BCUT2D eigenvalue weighted by Crippen LogP contribution is -2.27. The van der Waals surface area contributed by atoms with Gasteiger partial charge in [-0.15, -0.1) is 11.3 Å². The normalized spacial score (nSPS) is 22.1. The first-order chi connectivity index (χ1) is 11.7. The molecule has 1 aliphatic heterocycles. The van der Waals surface area contributed by atoms with E-state index in [0.29, 0.717) is 10.0 Å². The van der Waals surface area contributed by atoms with Gasteiger partial charge in [-0.25, -0.2) is 9.88 Å². The summed E-state index contributed by atoms with van der Waals surface area (Å²) in [6, 6.07) is 0. The summed E-state index contributed by atoms with van der Waals surface area (Å²) in [5.41, 5.74) is 1.86. The number of rotatable bonds is 3. The minimum atomic E-state index is -0.216. The van der Waals surface area contributed by atoms with Crippen molar-refractivity contribution in [3.63, 3.8) is 0 Å². The van der Waals surface area contributed by atoms with Gasteiger partial charge in [-0.2, -0.15) is 5.10 Å². The average Bonchev–Trinajstić information content (AvgIpc) is 3.31. The fraction of sp³-hybridized carbons (Fsp3) is 0.125. The van der Waals surface area contributed by atoms with Gasteiger partial charge in [-0.1, -0.05) is 24.3 Å². The van der Waals surface area contributed by atoms with Gasteiger partial charge in [-0.05, 0) is 24.3 Å². The molecule has 2 N–H and O–H groups in total. The highest BCUT2D eigenvalue weighted by molar-refractivity contribution is 8.19. The molecule has 2 aromatic rings. The lowest BCUT2D eigenvalue weighted by Gasteiger charge is -2.12. The monoisotopic (exact) mass is 355 g/mol. The summed E-state index contributed by atoms with van der Waals surface area (Å²) in [5.74, 6) is 0.00607. The van der Waals surface area contributed by atoms with Gasteiger partial charge < -0.3 is 0 Å². The number of amides is 1. The first-order valence-corrected chi connectivity index (χ1v) is 9.02. The molecule has 2 aromatic heterocycles. The molecule has 0 aromatic carbocycles. The average molecular weight is 355 g/mol. The molecule has 1 fully saturated rings. The molecular formula is C16H13N5OS2. The molecule has 4 rings (SSSR count). The Morgan fingerprint density at radius 1 is 1.42 bits per heavy atom. The first-order valence-electron chi connectivity index (χ1n) is 7.32. The van der Waals surface area contributed by atoms with E-state index < -0.39 is 0 Å². The van der Waals surface area contributed by atoms with E-state index in [1.165, 1.54) is 16.2 Å². The van der Waals surface area contributed by atoms with Crippen LogP contribution in [0.3, 0.4) is 0 Å². The second-order valence-corrected chi connectivity index (χ2v) is 7.17. The lowest BCUT2D eigenvalue weighted by molar-refractivity contribution is -0.113. The van der Waals surface area contributed by atoms with Crippen LogP contribution < -0.4 is 4.90 Å². The Morgan fingerprint density at radius 2 is 2.33 bits per heavy atom. The molecule has 0 radical (unpaired) electrons. The Bertz CT molecular complexity index is 878. The molecule has 6 nitrogen and oxygen atoms in total. The van der Waals surface area contributed by atoms with Crippen molar-refractivity contribution in [2.45, 2.75) is 12.3 Å². The first kappa shape index (κ1) is 15.1. The van der Waals surface area contributed by atoms with Crippen molar-refractivity contribution >= 4 is 45.4 Å². The third-order valence-electron chi connectivity index (χ3n) is 3.77. The van der Waals surface area contributed by atoms with E-state index in [-0.39, 0.29) is 17.0 Å². The molecule has 0 spiro atoms. The van der Waals surface area contributed by atoms with Crippen molar-refractivity contribution < 1.29 is 4.79 Å². The summed E-state index contributed by atoms with van der Waals surface area (Å²) in [4.78, 5) is 18.6. The van der Waals surface area contributed by atoms with E-state index >= 15 is 0 Å². The third-order valence-corrected chi connectivity index (χ3v) is 5.42. The van der Waals surface area contributed by atoms with Crippen molar-refractivity contribution in [2.75, 3.05) is 4.90 Å². The highest BCUT2D eigenvalue weighted by Crippen LogP contribution is 2.37. The van der Waals surface area contributed by atoms with Crippen molar-refractivity contribution in [2.24, 2.45) is 0 Å². The molecule has 120 valence electrons. The molecule has 1 unspecified atom stereocenters. The summed E-state index contributed by atoms with van der Waals surface area (Å²) in [6.07, 6.45) is 14.3. The van der Waals surface area contributed by atoms with E-state index in [1.807, 2.05) is 12.2 Å². The predicted molar refractivity (Wildman–Crippen MR) is 97.1 cm³/mol. The van der Waals surface area contributed by atoms with Crippen LogP contribution >= 0.6 is 23.1 Å². The molecule has 2 aliphatic rings. The van der Waals surface area contributed by atoms with Crippen molar-refractivity contribution in [1.29, 1.82) is 5.41 Å². The maximum absolute atomic E-state index is 12.6. The van der Waals surface area contributed by atoms with Crippen LogP contribution in [0.1, 0.15) is 23.6 Å². The van der Waals surface area contributed by atoms with E-state index in [0.717, 1.165) is 29.4 Å². The fourth-order valence-electron chi connectivity index (χ4n) is 2.64. The highest BCUT2D eigenvalue weighted by atomic mass is 32.2. The number of carbonyl (C=O) groups excluding carboxylic acids is 1. The topological polar surface area (TPSA) is 85.7 Å². The smallest absolute Gasteiger partial charge is 0.273 e. The standard InChI is InChI=1S/C16H13N5OS2/c17-15-21(16-18-6-7-23-16)14(22)12(24-15)8-11-9-19-20-13(11)10-4-2-1-3-5-10/h1-4,6-10,17H,5H2,(H,19,20)/b12-8-,17-15?. The van der Waals surface area contributed by atoms with Crippen LogP contribution in [0.25, 0.3) is 6.08 Å². The highest BCUT2D eigenvalue weighted by Gasteiger charge is 2.35. The number of H-pyrrole nitrogens is 1. The third kappa shape index (κ3) is 2.63. The fourth-order valence-corrected chi connectivity index (χ4v) is 4.18. The van der Waals surface area contributed by atoms with Gasteiger partial charge in [0.25, 0.3) is 5.91 Å². The van der Waals surface area contributed by atoms with E-state index in [1.54, 1.807) is 23.8 Å².